The van der Waals surface area contributed by atoms with Gasteiger partial charge < -0.3 is 20.6 Å². The molecular weight excluding hydrogens is 467 g/mol. The second-order valence-corrected chi connectivity index (χ2v) is 7.91. The fraction of sp³-hybridized carbons (Fsp3) is 0.333. The zero-order chi connectivity index (χ0) is 22.8. The van der Waals surface area contributed by atoms with Crippen molar-refractivity contribution < 1.29 is 42.3 Å². The SMILES string of the molecule is O=CNc1nc(/C(=N/OCC(F)(F)F)C(=O)NC2C(=O)N3C(C(=O)O)=CCS[C@H]23)cs1. The molecule has 0 radical (unpaired) electrons. The Labute approximate surface area is 179 Å². The van der Waals surface area contributed by atoms with Crippen molar-refractivity contribution in [2.75, 3.05) is 17.7 Å². The number of carbonyl (C=O) groups is 4. The Hall–Kier alpha value is -3.14. The average molecular weight is 479 g/mol. The van der Waals surface area contributed by atoms with Crippen molar-refractivity contribution in [3.8, 4) is 0 Å². The molecule has 0 aliphatic carbocycles. The largest absolute Gasteiger partial charge is 0.477 e. The molecule has 166 valence electrons. The van der Waals surface area contributed by atoms with Crippen molar-refractivity contribution in [2.45, 2.75) is 17.6 Å². The van der Waals surface area contributed by atoms with E-state index in [-0.39, 0.29) is 22.3 Å². The molecule has 3 rings (SSSR count). The Morgan fingerprint density at radius 3 is 2.84 bits per heavy atom. The van der Waals surface area contributed by atoms with Gasteiger partial charge >= 0.3 is 12.1 Å². The van der Waals surface area contributed by atoms with E-state index in [4.69, 9.17) is 5.11 Å². The maximum Gasteiger partial charge on any atom is 0.425 e. The van der Waals surface area contributed by atoms with E-state index in [1.54, 1.807) is 0 Å². The van der Waals surface area contributed by atoms with E-state index in [1.165, 1.54) is 23.2 Å². The van der Waals surface area contributed by atoms with Crippen LogP contribution in [-0.4, -0.2) is 74.8 Å². The number of carbonyl (C=O) groups excluding carboxylic acids is 3. The third-order valence-electron chi connectivity index (χ3n) is 3.88. The first-order valence-corrected chi connectivity index (χ1v) is 10.2. The zero-order valence-electron chi connectivity index (χ0n) is 15.1. The molecule has 0 spiro atoms. The monoisotopic (exact) mass is 479 g/mol. The molecule has 1 unspecified atom stereocenters. The number of aliphatic carboxylic acids is 1. The standard InChI is InChI=1S/C15H12F3N5O6S2/c16-15(17,18)4-29-22-8(6-3-31-14(20-6)19-5-24)10(25)21-9-11(26)23-7(13(27)28)1-2-30-12(9)23/h1,3,5,9,12H,2,4H2,(H,21,25)(H,27,28)(H,19,20,24)/b22-8-/t9?,12-/m1/s1. The summed E-state index contributed by atoms with van der Waals surface area (Å²) >= 11 is 2.07. The summed E-state index contributed by atoms with van der Waals surface area (Å²) in [6, 6.07) is -1.13. The first kappa shape index (κ1) is 22.5. The third-order valence-corrected chi connectivity index (χ3v) is 5.84. The van der Waals surface area contributed by atoms with Crippen LogP contribution in [0.3, 0.4) is 0 Å². The molecule has 1 saturated heterocycles. The number of rotatable bonds is 8. The van der Waals surface area contributed by atoms with Crippen LogP contribution in [0.2, 0.25) is 0 Å². The van der Waals surface area contributed by atoms with Crippen LogP contribution in [0.25, 0.3) is 0 Å². The van der Waals surface area contributed by atoms with Crippen LogP contribution in [-0.2, 0) is 24.0 Å². The number of thiazole rings is 1. The summed E-state index contributed by atoms with van der Waals surface area (Å²) in [5, 5.41) is 17.5. The Morgan fingerprint density at radius 1 is 1.45 bits per heavy atom. The molecule has 1 aromatic rings. The number of β-lactam (4-membered cyclic amide) rings is 1. The Bertz CT molecular complexity index is 979. The highest BCUT2D eigenvalue weighted by atomic mass is 32.2. The summed E-state index contributed by atoms with van der Waals surface area (Å²) in [5.41, 5.74) is -1.06. The number of nitrogens with zero attached hydrogens (tertiary/aromatic N) is 3. The summed E-state index contributed by atoms with van der Waals surface area (Å²) in [4.78, 5) is 55.8. The number of anilines is 1. The molecule has 2 aliphatic heterocycles. The van der Waals surface area contributed by atoms with Crippen molar-refractivity contribution in [1.82, 2.24) is 15.2 Å². The smallest absolute Gasteiger partial charge is 0.425 e. The maximum atomic E-state index is 12.7. The molecule has 16 heteroatoms. The van der Waals surface area contributed by atoms with Crippen LogP contribution < -0.4 is 10.6 Å². The van der Waals surface area contributed by atoms with Crippen molar-refractivity contribution in [3.63, 3.8) is 0 Å². The Balaban J connectivity index is 1.78. The molecule has 31 heavy (non-hydrogen) atoms. The van der Waals surface area contributed by atoms with Crippen LogP contribution in [0, 0.1) is 0 Å². The highest BCUT2D eigenvalue weighted by Gasteiger charge is 2.53. The topological polar surface area (TPSA) is 150 Å². The van der Waals surface area contributed by atoms with E-state index in [2.05, 4.69) is 25.6 Å². The normalized spacial score (nSPS) is 20.9. The minimum Gasteiger partial charge on any atom is -0.477 e. The fourth-order valence-electron chi connectivity index (χ4n) is 2.62. The Kier molecular flexibility index (Phi) is 6.49. The number of hydrogen-bond acceptors (Lipinski definition) is 9. The first-order chi connectivity index (χ1) is 14.6. The minimum absolute atomic E-state index is 0.0475. The van der Waals surface area contributed by atoms with Gasteiger partial charge in [-0.05, 0) is 6.08 Å². The van der Waals surface area contributed by atoms with Gasteiger partial charge in [-0.25, -0.2) is 9.78 Å². The number of alkyl halides is 3. The number of amides is 3. The number of oxime groups is 1. The number of hydrogen-bond donors (Lipinski definition) is 3. The second-order valence-electron chi connectivity index (χ2n) is 5.91. The number of aromatic nitrogens is 1. The van der Waals surface area contributed by atoms with Gasteiger partial charge in [-0.3, -0.25) is 19.3 Å². The van der Waals surface area contributed by atoms with Gasteiger partial charge in [0, 0.05) is 11.1 Å². The van der Waals surface area contributed by atoms with Crippen LogP contribution in [0.1, 0.15) is 5.69 Å². The quantitative estimate of drug-likeness (QED) is 0.209. The van der Waals surface area contributed by atoms with Gasteiger partial charge in [-0.1, -0.05) is 5.16 Å². The molecule has 3 N–H and O–H groups in total. The van der Waals surface area contributed by atoms with Gasteiger partial charge in [0.2, 0.25) is 13.0 Å². The summed E-state index contributed by atoms with van der Waals surface area (Å²) < 4.78 is 37.1. The van der Waals surface area contributed by atoms with Crippen LogP contribution in [0.5, 0.6) is 0 Å². The van der Waals surface area contributed by atoms with E-state index >= 15 is 0 Å². The molecule has 2 atom stereocenters. The number of thioether (sulfide) groups is 1. The first-order valence-electron chi connectivity index (χ1n) is 8.24. The molecule has 1 aromatic heterocycles. The van der Waals surface area contributed by atoms with Gasteiger partial charge in [-0.15, -0.1) is 23.1 Å². The molecular formula is C15H12F3N5O6S2. The molecule has 3 heterocycles. The summed E-state index contributed by atoms with van der Waals surface area (Å²) in [6.07, 6.45) is -3.04. The fourth-order valence-corrected chi connectivity index (χ4v) is 4.47. The van der Waals surface area contributed by atoms with Crippen molar-refractivity contribution in [3.05, 3.63) is 22.8 Å². The third kappa shape index (κ3) is 4.96. The van der Waals surface area contributed by atoms with Gasteiger partial charge in [0.25, 0.3) is 11.8 Å². The second kappa shape index (κ2) is 8.93. The summed E-state index contributed by atoms with van der Waals surface area (Å²) in [7, 11) is 0. The van der Waals surface area contributed by atoms with E-state index < -0.39 is 47.7 Å². The van der Waals surface area contributed by atoms with Crippen LogP contribution >= 0.6 is 23.1 Å². The van der Waals surface area contributed by atoms with Gasteiger partial charge in [0.05, 0.1) is 0 Å². The van der Waals surface area contributed by atoms with Crippen LogP contribution in [0.4, 0.5) is 18.3 Å². The average Bonchev–Trinajstić information content (AvgIpc) is 3.16. The van der Waals surface area contributed by atoms with Crippen molar-refractivity contribution in [2.24, 2.45) is 5.16 Å². The Morgan fingerprint density at radius 2 is 2.19 bits per heavy atom. The lowest BCUT2D eigenvalue weighted by Gasteiger charge is -2.48. The van der Waals surface area contributed by atoms with Crippen molar-refractivity contribution in [1.29, 1.82) is 0 Å². The predicted molar refractivity (Wildman–Crippen MR) is 101 cm³/mol. The zero-order valence-corrected chi connectivity index (χ0v) is 16.7. The molecule has 3 amide bonds. The molecule has 11 nitrogen and oxygen atoms in total. The number of carboxylic acids is 1. The van der Waals surface area contributed by atoms with E-state index in [0.29, 0.717) is 6.41 Å². The predicted octanol–water partition coefficient (Wildman–Crippen LogP) is 0.363. The lowest BCUT2D eigenvalue weighted by atomic mass is 10.0. The molecule has 0 aromatic carbocycles. The van der Waals surface area contributed by atoms with E-state index in [9.17, 15) is 32.3 Å². The summed E-state index contributed by atoms with van der Waals surface area (Å²) in [6.45, 7) is -1.77. The van der Waals surface area contributed by atoms with Gasteiger partial charge in [-0.2, -0.15) is 13.2 Å². The number of carboxylic acid groups (broad SMARTS) is 1. The van der Waals surface area contributed by atoms with E-state index in [1.807, 2.05) is 0 Å². The molecule has 1 fully saturated rings. The molecule has 0 bridgehead atoms. The van der Waals surface area contributed by atoms with E-state index in [0.717, 1.165) is 16.2 Å². The molecule has 0 saturated carbocycles. The molecule has 2 aliphatic rings. The van der Waals surface area contributed by atoms with Gasteiger partial charge in [0.15, 0.2) is 10.8 Å². The van der Waals surface area contributed by atoms with Crippen LogP contribution in [0.15, 0.2) is 22.3 Å². The minimum atomic E-state index is -4.71. The number of fused-ring (bicyclic) bond motifs is 1. The van der Waals surface area contributed by atoms with Gasteiger partial charge in [0.1, 0.15) is 22.8 Å². The van der Waals surface area contributed by atoms with Crippen molar-refractivity contribution >= 4 is 58.1 Å². The number of nitrogens with one attached hydrogen (secondary N) is 2. The highest BCUT2D eigenvalue weighted by molar-refractivity contribution is 8.00. The lowest BCUT2D eigenvalue weighted by molar-refractivity contribution is -0.174. The maximum absolute atomic E-state index is 12.7. The summed E-state index contributed by atoms with van der Waals surface area (Å²) in [5.74, 6) is -2.78. The number of halogens is 3. The lowest BCUT2D eigenvalue weighted by Crippen LogP contribution is -2.70. The highest BCUT2D eigenvalue weighted by Crippen LogP contribution is 2.37.